The Labute approximate surface area is 148 Å². The van der Waals surface area contributed by atoms with E-state index in [1.54, 1.807) is 12.1 Å². The second kappa shape index (κ2) is 7.38. The van der Waals surface area contributed by atoms with Gasteiger partial charge in [-0.2, -0.15) is 0 Å². The number of nitrogens with zero attached hydrogens (tertiary/aromatic N) is 2. The van der Waals surface area contributed by atoms with Gasteiger partial charge in [-0.05, 0) is 48.7 Å². The average Bonchev–Trinajstić information content (AvgIpc) is 3.16. The van der Waals surface area contributed by atoms with Crippen molar-refractivity contribution in [2.75, 3.05) is 25.0 Å². The fourth-order valence-corrected chi connectivity index (χ4v) is 3.12. The SMILES string of the molecule is CN(Cc1ccc(C(=O)N2CCCC2)cc1)c1cccc(C(N)=O)c1. The number of hydrogen-bond acceptors (Lipinski definition) is 3. The lowest BCUT2D eigenvalue weighted by atomic mass is 10.1. The molecule has 0 aliphatic carbocycles. The molecule has 1 fully saturated rings. The molecular formula is C20H23N3O2. The number of rotatable bonds is 5. The summed E-state index contributed by atoms with van der Waals surface area (Å²) in [5, 5.41) is 0. The summed E-state index contributed by atoms with van der Waals surface area (Å²) >= 11 is 0. The number of nitrogens with two attached hydrogens (primary N) is 1. The molecule has 0 radical (unpaired) electrons. The molecule has 1 heterocycles. The molecule has 1 aliphatic rings. The van der Waals surface area contributed by atoms with Gasteiger partial charge < -0.3 is 15.5 Å². The van der Waals surface area contributed by atoms with Gasteiger partial charge in [0.2, 0.25) is 5.91 Å². The van der Waals surface area contributed by atoms with Crippen molar-refractivity contribution in [3.8, 4) is 0 Å². The van der Waals surface area contributed by atoms with E-state index in [1.807, 2.05) is 53.2 Å². The molecule has 0 bridgehead atoms. The summed E-state index contributed by atoms with van der Waals surface area (Å²) in [6.45, 7) is 2.40. The highest BCUT2D eigenvalue weighted by molar-refractivity contribution is 5.94. The predicted molar refractivity (Wildman–Crippen MR) is 98.6 cm³/mol. The maximum absolute atomic E-state index is 12.4. The van der Waals surface area contributed by atoms with Gasteiger partial charge in [0.1, 0.15) is 0 Å². The third-order valence-electron chi connectivity index (χ3n) is 4.59. The molecule has 130 valence electrons. The monoisotopic (exact) mass is 337 g/mol. The Hall–Kier alpha value is -2.82. The van der Waals surface area contributed by atoms with E-state index in [9.17, 15) is 9.59 Å². The molecule has 0 unspecified atom stereocenters. The van der Waals surface area contributed by atoms with Gasteiger partial charge in [-0.1, -0.05) is 18.2 Å². The predicted octanol–water partition coefficient (Wildman–Crippen LogP) is 2.66. The van der Waals surface area contributed by atoms with Crippen LogP contribution in [0.2, 0.25) is 0 Å². The second-order valence-electron chi connectivity index (χ2n) is 6.47. The molecule has 1 aliphatic heterocycles. The number of carbonyl (C=O) groups excluding carboxylic acids is 2. The summed E-state index contributed by atoms with van der Waals surface area (Å²) < 4.78 is 0. The lowest BCUT2D eigenvalue weighted by Crippen LogP contribution is -2.27. The van der Waals surface area contributed by atoms with Crippen LogP contribution < -0.4 is 10.6 Å². The van der Waals surface area contributed by atoms with Gasteiger partial charge in [0.15, 0.2) is 0 Å². The van der Waals surface area contributed by atoms with E-state index in [2.05, 4.69) is 0 Å². The molecule has 25 heavy (non-hydrogen) atoms. The third-order valence-corrected chi connectivity index (χ3v) is 4.59. The van der Waals surface area contributed by atoms with E-state index < -0.39 is 5.91 Å². The van der Waals surface area contributed by atoms with E-state index in [-0.39, 0.29) is 5.91 Å². The fourth-order valence-electron chi connectivity index (χ4n) is 3.12. The summed E-state index contributed by atoms with van der Waals surface area (Å²) in [6, 6.07) is 15.0. The molecule has 0 atom stereocenters. The van der Waals surface area contributed by atoms with Crippen LogP contribution in [0.25, 0.3) is 0 Å². The van der Waals surface area contributed by atoms with Crippen LogP contribution in [-0.2, 0) is 6.54 Å². The second-order valence-corrected chi connectivity index (χ2v) is 6.47. The summed E-state index contributed by atoms with van der Waals surface area (Å²) in [4.78, 5) is 27.6. The summed E-state index contributed by atoms with van der Waals surface area (Å²) in [6.07, 6.45) is 2.19. The zero-order valence-corrected chi connectivity index (χ0v) is 14.4. The van der Waals surface area contributed by atoms with Gasteiger partial charge in [0.25, 0.3) is 5.91 Å². The standard InChI is InChI=1S/C20H23N3O2/c1-22(18-6-4-5-17(13-18)19(21)24)14-15-7-9-16(10-8-15)20(25)23-11-2-3-12-23/h4-10,13H,2-3,11-12,14H2,1H3,(H2,21,24). The maximum Gasteiger partial charge on any atom is 0.253 e. The topological polar surface area (TPSA) is 66.6 Å². The zero-order valence-electron chi connectivity index (χ0n) is 14.4. The minimum Gasteiger partial charge on any atom is -0.370 e. The van der Waals surface area contributed by atoms with Gasteiger partial charge in [-0.15, -0.1) is 0 Å². The van der Waals surface area contributed by atoms with Crippen LogP contribution in [0.3, 0.4) is 0 Å². The lowest BCUT2D eigenvalue weighted by molar-refractivity contribution is 0.0792. The lowest BCUT2D eigenvalue weighted by Gasteiger charge is -2.20. The fraction of sp³-hybridized carbons (Fsp3) is 0.300. The van der Waals surface area contributed by atoms with Gasteiger partial charge in [0.05, 0.1) is 0 Å². The van der Waals surface area contributed by atoms with Crippen LogP contribution in [0.5, 0.6) is 0 Å². The molecule has 2 aromatic carbocycles. The molecule has 5 heteroatoms. The number of carbonyl (C=O) groups is 2. The van der Waals surface area contributed by atoms with Crippen LogP contribution in [0.1, 0.15) is 39.1 Å². The zero-order chi connectivity index (χ0) is 17.8. The Morgan fingerprint density at radius 1 is 1.04 bits per heavy atom. The van der Waals surface area contributed by atoms with Crippen molar-refractivity contribution in [2.45, 2.75) is 19.4 Å². The Balaban J connectivity index is 1.67. The van der Waals surface area contributed by atoms with Crippen molar-refractivity contribution in [3.05, 3.63) is 65.2 Å². The first-order valence-corrected chi connectivity index (χ1v) is 8.54. The van der Waals surface area contributed by atoms with Gasteiger partial charge in [0, 0.05) is 43.5 Å². The van der Waals surface area contributed by atoms with Crippen molar-refractivity contribution in [1.82, 2.24) is 4.90 Å². The number of primary amides is 1. The molecule has 3 rings (SSSR count). The summed E-state index contributed by atoms with van der Waals surface area (Å²) in [7, 11) is 1.96. The van der Waals surface area contributed by atoms with Crippen molar-refractivity contribution < 1.29 is 9.59 Å². The highest BCUT2D eigenvalue weighted by atomic mass is 16.2. The van der Waals surface area contributed by atoms with Gasteiger partial charge in [-0.25, -0.2) is 0 Å². The molecule has 0 aromatic heterocycles. The third kappa shape index (κ3) is 3.99. The van der Waals surface area contributed by atoms with Crippen LogP contribution in [-0.4, -0.2) is 36.9 Å². The first-order chi connectivity index (χ1) is 12.0. The normalized spacial score (nSPS) is 13.7. The van der Waals surface area contributed by atoms with E-state index in [0.29, 0.717) is 12.1 Å². The van der Waals surface area contributed by atoms with Crippen LogP contribution in [0.4, 0.5) is 5.69 Å². The van der Waals surface area contributed by atoms with Crippen LogP contribution >= 0.6 is 0 Å². The Bertz CT molecular complexity index is 765. The smallest absolute Gasteiger partial charge is 0.253 e. The highest BCUT2D eigenvalue weighted by Gasteiger charge is 2.19. The minimum absolute atomic E-state index is 0.117. The molecule has 0 saturated carbocycles. The molecule has 1 saturated heterocycles. The Morgan fingerprint density at radius 3 is 2.36 bits per heavy atom. The van der Waals surface area contributed by atoms with Gasteiger partial charge in [-0.3, -0.25) is 9.59 Å². The van der Waals surface area contributed by atoms with E-state index in [4.69, 9.17) is 5.73 Å². The molecule has 2 amide bonds. The molecule has 5 nitrogen and oxygen atoms in total. The number of benzene rings is 2. The first-order valence-electron chi connectivity index (χ1n) is 8.54. The van der Waals surface area contributed by atoms with E-state index in [0.717, 1.165) is 42.7 Å². The number of likely N-dealkylation sites (tertiary alicyclic amines) is 1. The van der Waals surface area contributed by atoms with Crippen LogP contribution in [0.15, 0.2) is 48.5 Å². The summed E-state index contributed by atoms with van der Waals surface area (Å²) in [5.41, 5.74) is 8.60. The average molecular weight is 337 g/mol. The van der Waals surface area contributed by atoms with E-state index in [1.165, 1.54) is 0 Å². The quantitative estimate of drug-likeness (QED) is 0.912. The van der Waals surface area contributed by atoms with E-state index >= 15 is 0 Å². The van der Waals surface area contributed by atoms with Crippen molar-refractivity contribution in [3.63, 3.8) is 0 Å². The molecule has 2 aromatic rings. The highest BCUT2D eigenvalue weighted by Crippen LogP contribution is 2.18. The molecular weight excluding hydrogens is 314 g/mol. The number of anilines is 1. The van der Waals surface area contributed by atoms with Crippen molar-refractivity contribution in [1.29, 1.82) is 0 Å². The Morgan fingerprint density at radius 2 is 1.72 bits per heavy atom. The number of amides is 2. The maximum atomic E-state index is 12.4. The molecule has 2 N–H and O–H groups in total. The van der Waals surface area contributed by atoms with Gasteiger partial charge >= 0.3 is 0 Å². The van der Waals surface area contributed by atoms with Crippen LogP contribution in [0, 0.1) is 0 Å². The van der Waals surface area contributed by atoms with Crippen molar-refractivity contribution >= 4 is 17.5 Å². The largest absolute Gasteiger partial charge is 0.370 e. The minimum atomic E-state index is -0.431. The summed E-state index contributed by atoms with van der Waals surface area (Å²) in [5.74, 6) is -0.313. The number of hydrogen-bond donors (Lipinski definition) is 1. The Kier molecular flexibility index (Phi) is 5.03. The molecule has 0 spiro atoms. The van der Waals surface area contributed by atoms with Crippen molar-refractivity contribution in [2.24, 2.45) is 5.73 Å². The first kappa shape index (κ1) is 17.0.